The predicted molar refractivity (Wildman–Crippen MR) is 85.7 cm³/mol. The van der Waals surface area contributed by atoms with Crippen LogP contribution >= 0.6 is 27.5 Å². The number of halogens is 3. The van der Waals surface area contributed by atoms with Gasteiger partial charge in [-0.25, -0.2) is 4.39 Å². The molecule has 1 heterocycles. The van der Waals surface area contributed by atoms with Gasteiger partial charge in [0.25, 0.3) is 0 Å². The van der Waals surface area contributed by atoms with E-state index >= 15 is 0 Å². The van der Waals surface area contributed by atoms with Crippen LogP contribution in [-0.2, 0) is 0 Å². The number of hydrogen-bond acceptors (Lipinski definition) is 2. The van der Waals surface area contributed by atoms with Crippen molar-refractivity contribution in [1.82, 2.24) is 0 Å². The predicted octanol–water partition coefficient (Wildman–Crippen LogP) is 5.02. The van der Waals surface area contributed by atoms with Crippen molar-refractivity contribution in [2.75, 3.05) is 11.9 Å². The Morgan fingerprint density at radius 2 is 2.10 bits per heavy atom. The molecule has 2 aromatic carbocycles. The molecule has 0 radical (unpaired) electrons. The first-order chi connectivity index (χ1) is 10.1. The molecule has 0 fully saturated rings. The van der Waals surface area contributed by atoms with E-state index in [0.717, 1.165) is 11.3 Å². The number of benzene rings is 2. The van der Waals surface area contributed by atoms with Crippen molar-refractivity contribution in [2.24, 2.45) is 0 Å². The molecule has 0 saturated carbocycles. The topological polar surface area (TPSA) is 29.1 Å². The van der Waals surface area contributed by atoms with Gasteiger partial charge in [0.1, 0.15) is 0 Å². The van der Waals surface area contributed by atoms with E-state index in [1.54, 1.807) is 6.07 Å². The Kier molecular flexibility index (Phi) is 4.00. The van der Waals surface area contributed by atoms with Crippen molar-refractivity contribution in [1.29, 1.82) is 0 Å². The third-order valence-electron chi connectivity index (χ3n) is 3.71. The summed E-state index contributed by atoms with van der Waals surface area (Å²) >= 11 is 8.98. The van der Waals surface area contributed by atoms with Gasteiger partial charge in [0.2, 0.25) is 0 Å². The first-order valence-corrected chi connectivity index (χ1v) is 7.74. The molecule has 1 aliphatic heterocycles. The fourth-order valence-corrected chi connectivity index (χ4v) is 3.09. The van der Waals surface area contributed by atoms with Crippen LogP contribution in [0.1, 0.15) is 28.3 Å². The molecule has 0 spiro atoms. The number of nitrogens with one attached hydrogen (secondary N) is 1. The molecule has 0 aromatic heterocycles. The average molecular weight is 369 g/mol. The van der Waals surface area contributed by atoms with Gasteiger partial charge in [0, 0.05) is 29.0 Å². The zero-order valence-corrected chi connectivity index (χ0v) is 13.3. The lowest BCUT2D eigenvalue weighted by Gasteiger charge is -2.10. The first-order valence-electron chi connectivity index (χ1n) is 6.57. The van der Waals surface area contributed by atoms with Gasteiger partial charge in [-0.2, -0.15) is 0 Å². The summed E-state index contributed by atoms with van der Waals surface area (Å²) in [4.78, 5) is 12.4. The third kappa shape index (κ3) is 2.70. The van der Waals surface area contributed by atoms with E-state index in [-0.39, 0.29) is 28.7 Å². The largest absolute Gasteiger partial charge is 0.384 e. The Hall–Kier alpha value is -1.39. The van der Waals surface area contributed by atoms with Crippen LogP contribution in [0.5, 0.6) is 0 Å². The van der Waals surface area contributed by atoms with Gasteiger partial charge in [-0.05, 0) is 39.7 Å². The van der Waals surface area contributed by atoms with Gasteiger partial charge >= 0.3 is 0 Å². The third-order valence-corrected chi connectivity index (χ3v) is 4.97. The van der Waals surface area contributed by atoms with E-state index in [1.807, 2.05) is 24.3 Å². The van der Waals surface area contributed by atoms with Crippen molar-refractivity contribution in [3.8, 4) is 0 Å². The Labute approximate surface area is 135 Å². The molecule has 1 N–H and O–H groups in total. The second-order valence-electron chi connectivity index (χ2n) is 5.02. The first kappa shape index (κ1) is 14.5. The van der Waals surface area contributed by atoms with Crippen LogP contribution in [0.2, 0.25) is 5.02 Å². The lowest BCUT2D eigenvalue weighted by Crippen LogP contribution is -2.11. The second-order valence-corrected chi connectivity index (χ2v) is 6.25. The molecule has 1 aliphatic rings. The maximum atomic E-state index is 14.1. The van der Waals surface area contributed by atoms with Crippen LogP contribution < -0.4 is 5.32 Å². The van der Waals surface area contributed by atoms with Crippen LogP contribution in [0.25, 0.3) is 0 Å². The summed E-state index contributed by atoms with van der Waals surface area (Å²) in [5, 5.41) is 3.21. The molecule has 0 amide bonds. The summed E-state index contributed by atoms with van der Waals surface area (Å²) in [6, 6.07) is 10.9. The number of anilines is 1. The molecular weight excluding hydrogens is 357 g/mol. The van der Waals surface area contributed by atoms with Gasteiger partial charge in [0.15, 0.2) is 11.6 Å². The van der Waals surface area contributed by atoms with E-state index in [2.05, 4.69) is 21.2 Å². The highest BCUT2D eigenvalue weighted by molar-refractivity contribution is 9.10. The van der Waals surface area contributed by atoms with Gasteiger partial charge in [-0.3, -0.25) is 4.79 Å². The highest BCUT2D eigenvalue weighted by Crippen LogP contribution is 2.35. The lowest BCUT2D eigenvalue weighted by atomic mass is 9.93. The standard InChI is InChI=1S/C16H12BrClFNO/c17-12-6-5-11(16(19)15(12)18)14(21)7-9-8-20-13-4-2-1-3-10(9)13/h1-6,9,20H,7-8H2. The summed E-state index contributed by atoms with van der Waals surface area (Å²) < 4.78 is 14.5. The molecule has 21 heavy (non-hydrogen) atoms. The minimum atomic E-state index is -0.657. The quantitative estimate of drug-likeness (QED) is 0.608. The molecule has 0 saturated heterocycles. The molecule has 2 aromatic rings. The number of Topliss-reactive ketones (excluding diaryl/α,β-unsaturated/α-hetero) is 1. The molecule has 1 unspecified atom stereocenters. The van der Waals surface area contributed by atoms with Crippen LogP contribution in [0.4, 0.5) is 10.1 Å². The number of fused-ring (bicyclic) bond motifs is 1. The number of hydrogen-bond donors (Lipinski definition) is 1. The molecule has 1 atom stereocenters. The minimum absolute atomic E-state index is 0.0487. The Morgan fingerprint density at radius 3 is 2.90 bits per heavy atom. The fraction of sp³-hybridized carbons (Fsp3) is 0.188. The maximum absolute atomic E-state index is 14.1. The van der Waals surface area contributed by atoms with E-state index in [0.29, 0.717) is 11.0 Å². The fourth-order valence-electron chi connectivity index (χ4n) is 2.61. The van der Waals surface area contributed by atoms with E-state index in [4.69, 9.17) is 11.6 Å². The van der Waals surface area contributed by atoms with Crippen LogP contribution in [0.3, 0.4) is 0 Å². The molecule has 2 nitrogen and oxygen atoms in total. The summed E-state index contributed by atoms with van der Waals surface area (Å²) in [5.74, 6) is -0.823. The highest BCUT2D eigenvalue weighted by atomic mass is 79.9. The average Bonchev–Trinajstić information content (AvgIpc) is 2.88. The molecular formula is C16H12BrClFNO. The van der Waals surface area contributed by atoms with Gasteiger partial charge < -0.3 is 5.32 Å². The Bertz CT molecular complexity index is 719. The number of ketones is 1. The summed E-state index contributed by atoms with van der Waals surface area (Å²) in [7, 11) is 0. The minimum Gasteiger partial charge on any atom is -0.384 e. The zero-order valence-electron chi connectivity index (χ0n) is 11.0. The van der Waals surface area contributed by atoms with E-state index in [9.17, 15) is 9.18 Å². The molecule has 3 rings (SSSR count). The van der Waals surface area contributed by atoms with Crippen molar-refractivity contribution in [3.63, 3.8) is 0 Å². The monoisotopic (exact) mass is 367 g/mol. The summed E-state index contributed by atoms with van der Waals surface area (Å²) in [6.45, 7) is 0.691. The van der Waals surface area contributed by atoms with Crippen LogP contribution in [-0.4, -0.2) is 12.3 Å². The van der Waals surface area contributed by atoms with Crippen molar-refractivity contribution < 1.29 is 9.18 Å². The smallest absolute Gasteiger partial charge is 0.166 e. The molecule has 0 aliphatic carbocycles. The second kappa shape index (κ2) is 5.78. The molecule has 5 heteroatoms. The lowest BCUT2D eigenvalue weighted by molar-refractivity contribution is 0.0971. The van der Waals surface area contributed by atoms with E-state index in [1.165, 1.54) is 6.07 Å². The molecule has 108 valence electrons. The van der Waals surface area contributed by atoms with Gasteiger partial charge in [-0.1, -0.05) is 29.8 Å². The SMILES string of the molecule is O=C(CC1CNc2ccccc21)c1ccc(Br)c(Cl)c1F. The summed E-state index contributed by atoms with van der Waals surface area (Å²) in [5.41, 5.74) is 2.20. The van der Waals surface area contributed by atoms with Crippen molar-refractivity contribution in [2.45, 2.75) is 12.3 Å². The number of para-hydroxylation sites is 1. The van der Waals surface area contributed by atoms with Crippen LogP contribution in [0.15, 0.2) is 40.9 Å². The number of carbonyl (C=O) groups excluding carboxylic acids is 1. The van der Waals surface area contributed by atoms with Gasteiger partial charge in [-0.15, -0.1) is 0 Å². The maximum Gasteiger partial charge on any atom is 0.166 e. The van der Waals surface area contributed by atoms with Crippen molar-refractivity contribution >= 4 is 39.0 Å². The molecule has 0 bridgehead atoms. The summed E-state index contributed by atoms with van der Waals surface area (Å²) in [6.07, 6.45) is 0.263. The van der Waals surface area contributed by atoms with Crippen molar-refractivity contribution in [3.05, 3.63) is 62.8 Å². The Balaban J connectivity index is 1.84. The van der Waals surface area contributed by atoms with E-state index < -0.39 is 5.82 Å². The normalized spacial score (nSPS) is 16.4. The highest BCUT2D eigenvalue weighted by Gasteiger charge is 2.26. The zero-order chi connectivity index (χ0) is 15.0. The Morgan fingerprint density at radius 1 is 1.33 bits per heavy atom. The number of carbonyl (C=O) groups is 1. The van der Waals surface area contributed by atoms with Crippen LogP contribution in [0, 0.1) is 5.82 Å². The van der Waals surface area contributed by atoms with Gasteiger partial charge in [0.05, 0.1) is 10.6 Å². The number of rotatable bonds is 3.